The van der Waals surface area contributed by atoms with Gasteiger partial charge in [-0.25, -0.2) is 9.07 Å². The normalized spacial score (nSPS) is 22.2. The third-order valence-corrected chi connectivity index (χ3v) is 4.61. The Hall–Kier alpha value is -2.91. The summed E-state index contributed by atoms with van der Waals surface area (Å²) in [5.41, 5.74) is 1.10. The van der Waals surface area contributed by atoms with Gasteiger partial charge in [0.1, 0.15) is 11.6 Å². The molecule has 4 rings (SSSR count). The van der Waals surface area contributed by atoms with Gasteiger partial charge in [0.25, 0.3) is 5.91 Å². The zero-order valence-corrected chi connectivity index (χ0v) is 13.9. The lowest BCUT2D eigenvalue weighted by molar-refractivity contribution is -0.173. The number of fused-ring (bicyclic) bond motifs is 1. The monoisotopic (exact) mass is 382 g/mol. The number of amides is 1. The zero-order valence-electron chi connectivity index (χ0n) is 13.9. The van der Waals surface area contributed by atoms with Gasteiger partial charge in [0.2, 0.25) is 6.10 Å². The van der Waals surface area contributed by atoms with E-state index in [1.54, 1.807) is 0 Å². The van der Waals surface area contributed by atoms with Crippen LogP contribution in [0.15, 0.2) is 41.7 Å². The Bertz CT molecular complexity index is 891. The van der Waals surface area contributed by atoms with Gasteiger partial charge in [-0.15, -0.1) is 0 Å². The summed E-state index contributed by atoms with van der Waals surface area (Å²) in [5.74, 6) is -0.808. The number of nitrogens with zero attached hydrogens (tertiary/aromatic N) is 4. The fraction of sp³-hybridized carbons (Fsp3) is 0.353. The molecule has 1 amide bonds. The quantitative estimate of drug-likeness (QED) is 0.750. The molecule has 2 unspecified atom stereocenters. The summed E-state index contributed by atoms with van der Waals surface area (Å²) in [6.07, 6.45) is -4.30. The Balaban J connectivity index is 1.50. The molecule has 0 spiro atoms. The maximum atomic E-state index is 13.2. The Labute approximate surface area is 151 Å². The number of halogens is 4. The van der Waals surface area contributed by atoms with Crippen molar-refractivity contribution in [1.29, 1.82) is 0 Å². The predicted molar refractivity (Wildman–Crippen MR) is 86.7 cm³/mol. The third-order valence-electron chi connectivity index (χ3n) is 4.61. The molecule has 0 aliphatic carbocycles. The van der Waals surface area contributed by atoms with Gasteiger partial charge in [-0.2, -0.15) is 18.3 Å². The summed E-state index contributed by atoms with van der Waals surface area (Å²) in [7, 11) is 0. The Morgan fingerprint density at radius 2 is 1.93 bits per heavy atom. The average Bonchev–Trinajstić information content (AvgIpc) is 3.29. The van der Waals surface area contributed by atoms with Gasteiger partial charge in [0, 0.05) is 19.0 Å². The van der Waals surface area contributed by atoms with Gasteiger partial charge >= 0.3 is 6.18 Å². The van der Waals surface area contributed by atoms with E-state index in [0.717, 1.165) is 4.68 Å². The first kappa shape index (κ1) is 17.5. The molecule has 0 bridgehead atoms. The van der Waals surface area contributed by atoms with Crippen LogP contribution in [0.2, 0.25) is 0 Å². The fourth-order valence-corrected chi connectivity index (χ4v) is 3.27. The van der Waals surface area contributed by atoms with Gasteiger partial charge in [0.05, 0.1) is 11.9 Å². The molecule has 0 N–H and O–H groups in total. The summed E-state index contributed by atoms with van der Waals surface area (Å²) in [6.45, 7) is -0.0968. The molecular weight excluding hydrogens is 368 g/mol. The van der Waals surface area contributed by atoms with Crippen LogP contribution in [0.1, 0.15) is 24.4 Å². The number of hydrogen-bond donors (Lipinski definition) is 0. The van der Waals surface area contributed by atoms with Crippen molar-refractivity contribution in [3.63, 3.8) is 0 Å². The zero-order chi connectivity index (χ0) is 19.2. The van der Waals surface area contributed by atoms with E-state index in [-0.39, 0.29) is 25.2 Å². The minimum absolute atomic E-state index is 0.0763. The molecule has 2 aliphatic rings. The third kappa shape index (κ3) is 3.15. The maximum Gasteiger partial charge on any atom is 0.410 e. The van der Waals surface area contributed by atoms with Crippen LogP contribution in [0.25, 0.3) is 0 Å². The highest BCUT2D eigenvalue weighted by Crippen LogP contribution is 2.39. The van der Waals surface area contributed by atoms with E-state index in [2.05, 4.69) is 10.3 Å². The summed E-state index contributed by atoms with van der Waals surface area (Å²) < 4.78 is 53.3. The number of hydrogen-bond acceptors (Lipinski definition) is 4. The number of anilines is 1. The lowest BCUT2D eigenvalue weighted by Crippen LogP contribution is -2.46. The second kappa shape index (κ2) is 6.36. The lowest BCUT2D eigenvalue weighted by atomic mass is 10.0. The van der Waals surface area contributed by atoms with Crippen molar-refractivity contribution in [2.45, 2.75) is 31.2 Å². The fourth-order valence-electron chi connectivity index (χ4n) is 3.27. The lowest BCUT2D eigenvalue weighted by Gasteiger charge is -2.34. The SMILES string of the molecule is O=C(C1CC(c2ccc(F)cc2)=NO1)N1CCC(C(F)(F)F)n2nccc21. The highest BCUT2D eigenvalue weighted by molar-refractivity contribution is 6.06. The Morgan fingerprint density at radius 1 is 1.19 bits per heavy atom. The number of carbonyl (C=O) groups is 1. The van der Waals surface area contributed by atoms with Crippen LogP contribution >= 0.6 is 0 Å². The topological polar surface area (TPSA) is 59.7 Å². The van der Waals surface area contributed by atoms with Gasteiger partial charge in [0.15, 0.2) is 6.04 Å². The molecule has 1 aromatic heterocycles. The van der Waals surface area contributed by atoms with Crippen molar-refractivity contribution in [2.24, 2.45) is 5.16 Å². The van der Waals surface area contributed by atoms with E-state index in [4.69, 9.17) is 4.84 Å². The van der Waals surface area contributed by atoms with Gasteiger partial charge < -0.3 is 4.84 Å². The highest BCUT2D eigenvalue weighted by Gasteiger charge is 2.47. The molecule has 142 valence electrons. The second-order valence-electron chi connectivity index (χ2n) is 6.31. The molecule has 2 aliphatic heterocycles. The molecule has 0 fully saturated rings. The van der Waals surface area contributed by atoms with Crippen LogP contribution in [0, 0.1) is 5.82 Å². The van der Waals surface area contributed by atoms with Gasteiger partial charge in [-0.1, -0.05) is 17.3 Å². The van der Waals surface area contributed by atoms with Crippen molar-refractivity contribution in [2.75, 3.05) is 11.4 Å². The van der Waals surface area contributed by atoms with E-state index >= 15 is 0 Å². The van der Waals surface area contributed by atoms with Crippen molar-refractivity contribution in [3.8, 4) is 0 Å². The van der Waals surface area contributed by atoms with Crippen molar-refractivity contribution in [1.82, 2.24) is 9.78 Å². The molecule has 10 heteroatoms. The summed E-state index contributed by atoms with van der Waals surface area (Å²) in [5, 5.41) is 7.61. The molecule has 3 heterocycles. The van der Waals surface area contributed by atoms with Gasteiger partial charge in [-0.3, -0.25) is 9.69 Å². The van der Waals surface area contributed by atoms with E-state index in [0.29, 0.717) is 11.3 Å². The molecule has 2 atom stereocenters. The number of rotatable bonds is 2. The Kier molecular flexibility index (Phi) is 4.12. The van der Waals surface area contributed by atoms with Crippen LogP contribution < -0.4 is 4.90 Å². The number of aromatic nitrogens is 2. The molecule has 27 heavy (non-hydrogen) atoms. The summed E-state index contributed by atoms with van der Waals surface area (Å²) in [4.78, 5) is 19.2. The molecule has 0 saturated carbocycles. The Morgan fingerprint density at radius 3 is 2.63 bits per heavy atom. The van der Waals surface area contributed by atoms with Gasteiger partial charge in [-0.05, 0) is 24.1 Å². The van der Waals surface area contributed by atoms with Crippen molar-refractivity contribution >= 4 is 17.4 Å². The van der Waals surface area contributed by atoms with Crippen LogP contribution in [0.3, 0.4) is 0 Å². The predicted octanol–water partition coefficient (Wildman–Crippen LogP) is 3.06. The van der Waals surface area contributed by atoms with Crippen molar-refractivity contribution in [3.05, 3.63) is 47.9 Å². The second-order valence-corrected chi connectivity index (χ2v) is 6.31. The summed E-state index contributed by atoms with van der Waals surface area (Å²) in [6, 6.07) is 5.19. The minimum Gasteiger partial charge on any atom is -0.382 e. The molecule has 2 aromatic rings. The first-order valence-corrected chi connectivity index (χ1v) is 8.25. The summed E-state index contributed by atoms with van der Waals surface area (Å²) >= 11 is 0. The van der Waals surface area contributed by atoms with Crippen LogP contribution in [0.4, 0.5) is 23.4 Å². The molecular formula is C17H14F4N4O2. The number of carbonyl (C=O) groups excluding carboxylic acids is 1. The smallest absolute Gasteiger partial charge is 0.382 e. The average molecular weight is 382 g/mol. The first-order chi connectivity index (χ1) is 12.8. The maximum absolute atomic E-state index is 13.2. The number of alkyl halides is 3. The molecule has 1 aromatic carbocycles. The van der Waals surface area contributed by atoms with Crippen molar-refractivity contribution < 1.29 is 27.2 Å². The highest BCUT2D eigenvalue weighted by atomic mass is 19.4. The minimum atomic E-state index is -4.45. The molecule has 6 nitrogen and oxygen atoms in total. The largest absolute Gasteiger partial charge is 0.410 e. The standard InChI is InChI=1S/C17H14F4N4O2/c18-11-3-1-10(2-4-11)12-9-13(27-23-12)16(26)24-8-6-14(17(19,20)21)25-15(24)5-7-22-25/h1-5,7,13-14H,6,8-9H2. The molecule has 0 radical (unpaired) electrons. The number of benzene rings is 1. The molecule has 0 saturated heterocycles. The van der Waals surface area contributed by atoms with E-state index in [1.807, 2.05) is 0 Å². The van der Waals surface area contributed by atoms with Crippen LogP contribution in [0.5, 0.6) is 0 Å². The van der Waals surface area contributed by atoms with Crippen LogP contribution in [-0.4, -0.2) is 40.2 Å². The first-order valence-electron chi connectivity index (χ1n) is 8.25. The van der Waals surface area contributed by atoms with E-state index in [1.165, 1.54) is 41.4 Å². The number of oxime groups is 1. The van der Waals surface area contributed by atoms with E-state index in [9.17, 15) is 22.4 Å². The van der Waals surface area contributed by atoms with Crippen LogP contribution in [-0.2, 0) is 9.63 Å². The van der Waals surface area contributed by atoms with E-state index < -0.39 is 30.0 Å².